The maximum Gasteiger partial charge on any atom is 0.164 e. The molecule has 0 aliphatic rings. The van der Waals surface area contributed by atoms with E-state index < -0.39 is 0 Å². The van der Waals surface area contributed by atoms with Crippen LogP contribution in [0.5, 0.6) is 0 Å². The highest BCUT2D eigenvalue weighted by atomic mass is 16.3. The molecule has 0 radical (unpaired) electrons. The summed E-state index contributed by atoms with van der Waals surface area (Å²) >= 11 is 0. The van der Waals surface area contributed by atoms with Gasteiger partial charge >= 0.3 is 0 Å². The van der Waals surface area contributed by atoms with Crippen molar-refractivity contribution < 1.29 is 5.11 Å². The third-order valence-corrected chi connectivity index (χ3v) is 3.87. The summed E-state index contributed by atoms with van der Waals surface area (Å²) in [6.45, 7) is 2.52. The van der Waals surface area contributed by atoms with Crippen molar-refractivity contribution >= 4 is 11.0 Å². The molecule has 1 N–H and O–H groups in total. The van der Waals surface area contributed by atoms with E-state index in [-0.39, 0.29) is 6.61 Å². The van der Waals surface area contributed by atoms with Gasteiger partial charge in [0.2, 0.25) is 0 Å². The average Bonchev–Trinajstić information content (AvgIpc) is 3.23. The summed E-state index contributed by atoms with van der Waals surface area (Å²) in [4.78, 5) is 17.5. The maximum atomic E-state index is 9.11. The molecule has 0 unspecified atom stereocenters. The largest absolute Gasteiger partial charge is 0.395 e. The highest BCUT2D eigenvalue weighted by molar-refractivity contribution is 5.78. The van der Waals surface area contributed by atoms with Gasteiger partial charge in [-0.15, -0.1) is 0 Å². The molecule has 0 aliphatic carbocycles. The fourth-order valence-electron chi connectivity index (χ4n) is 2.70. The van der Waals surface area contributed by atoms with Crippen molar-refractivity contribution in [1.82, 2.24) is 29.1 Å². The molecule has 0 spiro atoms. The van der Waals surface area contributed by atoms with E-state index in [0.29, 0.717) is 6.54 Å². The molecule has 0 saturated heterocycles. The highest BCUT2D eigenvalue weighted by Crippen LogP contribution is 2.22. The van der Waals surface area contributed by atoms with Crippen molar-refractivity contribution in [3.05, 3.63) is 55.0 Å². The monoisotopic (exact) mass is 320 g/mol. The van der Waals surface area contributed by atoms with Crippen LogP contribution in [0.25, 0.3) is 28.2 Å². The molecule has 7 heteroatoms. The van der Waals surface area contributed by atoms with Gasteiger partial charge in [-0.3, -0.25) is 9.55 Å². The number of aromatic nitrogens is 6. The van der Waals surface area contributed by atoms with E-state index in [9.17, 15) is 0 Å². The molecule has 4 rings (SSSR count). The summed E-state index contributed by atoms with van der Waals surface area (Å²) in [5.41, 5.74) is 4.40. The van der Waals surface area contributed by atoms with Gasteiger partial charge in [0.25, 0.3) is 0 Å². The molecule has 0 saturated carbocycles. The van der Waals surface area contributed by atoms with Crippen molar-refractivity contribution in [3.63, 3.8) is 0 Å². The lowest BCUT2D eigenvalue weighted by molar-refractivity contribution is 0.278. The highest BCUT2D eigenvalue weighted by Gasteiger charge is 2.11. The zero-order valence-corrected chi connectivity index (χ0v) is 13.2. The van der Waals surface area contributed by atoms with Crippen LogP contribution in [0.1, 0.15) is 5.69 Å². The Balaban J connectivity index is 1.78. The second kappa shape index (κ2) is 5.86. The lowest BCUT2D eigenvalue weighted by atomic mass is 10.2. The standard InChI is InChI=1S/C17H16N6O/c1-12-9-20-15(10-19-12)17-18-4-5-23(17)13-2-3-16-14(8-13)21-11-22(16)6-7-24/h2-5,8-11,24H,6-7H2,1H3. The molecule has 0 atom stereocenters. The fraction of sp³-hybridized carbons (Fsp3) is 0.176. The minimum atomic E-state index is 0.0883. The Kier molecular flexibility index (Phi) is 3.55. The minimum Gasteiger partial charge on any atom is -0.395 e. The first kappa shape index (κ1) is 14.5. The normalized spacial score (nSPS) is 11.2. The van der Waals surface area contributed by atoms with Gasteiger partial charge in [-0.05, 0) is 25.1 Å². The van der Waals surface area contributed by atoms with Gasteiger partial charge < -0.3 is 9.67 Å². The quantitative estimate of drug-likeness (QED) is 0.622. The van der Waals surface area contributed by atoms with Crippen LogP contribution in [0.15, 0.2) is 49.3 Å². The predicted molar refractivity (Wildman–Crippen MR) is 89.7 cm³/mol. The van der Waals surface area contributed by atoms with E-state index >= 15 is 0 Å². The number of imidazole rings is 2. The van der Waals surface area contributed by atoms with Gasteiger partial charge in [0.1, 0.15) is 5.69 Å². The zero-order valence-electron chi connectivity index (χ0n) is 13.2. The van der Waals surface area contributed by atoms with Crippen molar-refractivity contribution in [2.45, 2.75) is 13.5 Å². The predicted octanol–water partition coefficient (Wildman–Crippen LogP) is 1.98. The summed E-state index contributed by atoms with van der Waals surface area (Å²) < 4.78 is 3.89. The van der Waals surface area contributed by atoms with Crippen LogP contribution in [0.3, 0.4) is 0 Å². The molecule has 4 aromatic rings. The van der Waals surface area contributed by atoms with Gasteiger partial charge in [0.15, 0.2) is 5.82 Å². The maximum absolute atomic E-state index is 9.11. The van der Waals surface area contributed by atoms with Gasteiger partial charge in [-0.1, -0.05) is 0 Å². The number of aliphatic hydroxyl groups excluding tert-OH is 1. The molecule has 0 amide bonds. The Morgan fingerprint density at radius 3 is 2.79 bits per heavy atom. The van der Waals surface area contributed by atoms with Crippen LogP contribution in [-0.2, 0) is 6.54 Å². The number of benzene rings is 1. The molecular formula is C17H16N6O. The molecule has 0 aliphatic heterocycles. The van der Waals surface area contributed by atoms with Crippen LogP contribution < -0.4 is 0 Å². The smallest absolute Gasteiger partial charge is 0.164 e. The van der Waals surface area contributed by atoms with E-state index in [1.54, 1.807) is 24.9 Å². The molecule has 120 valence electrons. The molecule has 7 nitrogen and oxygen atoms in total. The molecule has 1 aromatic carbocycles. The Morgan fingerprint density at radius 1 is 1.08 bits per heavy atom. The third-order valence-electron chi connectivity index (χ3n) is 3.87. The first-order valence-electron chi connectivity index (χ1n) is 7.65. The number of fused-ring (bicyclic) bond motifs is 1. The van der Waals surface area contributed by atoms with Crippen LogP contribution in [0.4, 0.5) is 0 Å². The third kappa shape index (κ3) is 2.44. The van der Waals surface area contributed by atoms with Crippen LogP contribution in [0, 0.1) is 6.92 Å². The van der Waals surface area contributed by atoms with E-state index in [2.05, 4.69) is 19.9 Å². The molecule has 0 fully saturated rings. The van der Waals surface area contributed by atoms with Crippen molar-refractivity contribution in [3.8, 4) is 17.2 Å². The number of aryl methyl sites for hydroxylation is 1. The van der Waals surface area contributed by atoms with Gasteiger partial charge in [-0.2, -0.15) is 0 Å². The molecule has 3 aromatic heterocycles. The Labute approximate surface area is 138 Å². The fourth-order valence-corrected chi connectivity index (χ4v) is 2.70. The van der Waals surface area contributed by atoms with Crippen LogP contribution in [0.2, 0.25) is 0 Å². The topological polar surface area (TPSA) is 81.7 Å². The SMILES string of the molecule is Cc1cnc(-c2nccn2-c2ccc3c(c2)ncn3CCO)cn1. The molecule has 24 heavy (non-hydrogen) atoms. The number of hydrogen-bond acceptors (Lipinski definition) is 5. The first-order valence-corrected chi connectivity index (χ1v) is 7.65. The number of hydrogen-bond donors (Lipinski definition) is 1. The van der Waals surface area contributed by atoms with E-state index in [1.807, 2.05) is 40.5 Å². The van der Waals surface area contributed by atoms with Crippen molar-refractivity contribution in [2.24, 2.45) is 0 Å². The van der Waals surface area contributed by atoms with Gasteiger partial charge in [0.05, 0.1) is 35.9 Å². The second-order valence-electron chi connectivity index (χ2n) is 5.50. The summed E-state index contributed by atoms with van der Waals surface area (Å²) in [6, 6.07) is 6.00. The zero-order chi connectivity index (χ0) is 16.5. The van der Waals surface area contributed by atoms with Gasteiger partial charge in [-0.25, -0.2) is 15.0 Å². The molecule has 0 bridgehead atoms. The summed E-state index contributed by atoms with van der Waals surface area (Å²) in [5, 5.41) is 9.11. The number of rotatable bonds is 4. The summed E-state index contributed by atoms with van der Waals surface area (Å²) in [5.74, 6) is 0.733. The molecular weight excluding hydrogens is 304 g/mol. The van der Waals surface area contributed by atoms with E-state index in [1.165, 1.54) is 0 Å². The number of nitrogens with zero attached hydrogens (tertiary/aromatic N) is 6. The Hall–Kier alpha value is -3.06. The Bertz CT molecular complexity index is 986. The van der Waals surface area contributed by atoms with E-state index in [0.717, 1.165) is 33.9 Å². The molecule has 3 heterocycles. The minimum absolute atomic E-state index is 0.0883. The summed E-state index contributed by atoms with van der Waals surface area (Å²) in [6.07, 6.45) is 8.83. The average molecular weight is 320 g/mol. The van der Waals surface area contributed by atoms with Gasteiger partial charge in [0, 0.05) is 30.8 Å². The number of aliphatic hydroxyl groups is 1. The van der Waals surface area contributed by atoms with Crippen LogP contribution >= 0.6 is 0 Å². The Morgan fingerprint density at radius 2 is 2.00 bits per heavy atom. The lowest BCUT2D eigenvalue weighted by Gasteiger charge is -2.08. The lowest BCUT2D eigenvalue weighted by Crippen LogP contribution is -2.01. The second-order valence-corrected chi connectivity index (χ2v) is 5.50. The first-order chi connectivity index (χ1) is 11.8. The van der Waals surface area contributed by atoms with Crippen molar-refractivity contribution in [2.75, 3.05) is 6.61 Å². The van der Waals surface area contributed by atoms with E-state index in [4.69, 9.17) is 5.11 Å². The summed E-state index contributed by atoms with van der Waals surface area (Å²) in [7, 11) is 0. The van der Waals surface area contributed by atoms with Crippen LogP contribution in [-0.4, -0.2) is 40.8 Å². The van der Waals surface area contributed by atoms with Crippen molar-refractivity contribution in [1.29, 1.82) is 0 Å².